The number of hydrogen-bond donors (Lipinski definition) is 0. The van der Waals surface area contributed by atoms with Gasteiger partial charge in [0.05, 0.1) is 0 Å². The van der Waals surface area contributed by atoms with E-state index < -0.39 is 0 Å². The van der Waals surface area contributed by atoms with Crippen molar-refractivity contribution in [2.75, 3.05) is 0 Å². The van der Waals surface area contributed by atoms with Gasteiger partial charge in [-0.05, 0) is 51.8 Å². The van der Waals surface area contributed by atoms with Crippen LogP contribution in [0.1, 0.15) is 89.6 Å². The lowest BCUT2D eigenvalue weighted by Crippen LogP contribution is -2.22. The highest BCUT2D eigenvalue weighted by Gasteiger charge is 2.26. The van der Waals surface area contributed by atoms with E-state index in [1.54, 1.807) is 0 Å². The van der Waals surface area contributed by atoms with E-state index in [1.807, 2.05) is 0 Å². The summed E-state index contributed by atoms with van der Waals surface area (Å²) in [6, 6.07) is 16.0. The van der Waals surface area contributed by atoms with Crippen LogP contribution in [0.4, 0.5) is 0 Å². The lowest BCUT2D eigenvalue weighted by atomic mass is 9.74. The monoisotopic (exact) mass is 362 g/mol. The van der Waals surface area contributed by atoms with Gasteiger partial charge in [-0.3, -0.25) is 0 Å². The largest absolute Gasteiger partial charge is 0.0831 e. The van der Waals surface area contributed by atoms with E-state index in [-0.39, 0.29) is 16.2 Å². The molecule has 0 N–H and O–H groups in total. The molecular weight excluding hydrogens is 324 g/mol. The van der Waals surface area contributed by atoms with Crippen molar-refractivity contribution in [3.63, 3.8) is 0 Å². The molecule has 27 heavy (non-hydrogen) atoms. The highest BCUT2D eigenvalue weighted by molar-refractivity contribution is 5.50. The maximum atomic E-state index is 2.43. The van der Waals surface area contributed by atoms with Crippen molar-refractivity contribution in [2.24, 2.45) is 0 Å². The van der Waals surface area contributed by atoms with Gasteiger partial charge in [0.2, 0.25) is 0 Å². The highest BCUT2D eigenvalue weighted by Crippen LogP contribution is 2.36. The number of hydrogen-bond acceptors (Lipinski definition) is 0. The molecule has 0 atom stereocenters. The van der Waals surface area contributed by atoms with Crippen molar-refractivity contribution in [1.29, 1.82) is 0 Å². The summed E-state index contributed by atoms with van der Waals surface area (Å²) < 4.78 is 0. The summed E-state index contributed by atoms with van der Waals surface area (Å²) in [5, 5.41) is 0. The molecule has 0 saturated heterocycles. The molecule has 146 valence electrons. The SMILES string of the molecule is Cc1ccc(/C=C/CC(C)(C)c2cc(C(C)(C)C)cc(C(C)(C)C)c2)cc1. The van der Waals surface area contributed by atoms with Crippen LogP contribution in [0.5, 0.6) is 0 Å². The van der Waals surface area contributed by atoms with Crippen molar-refractivity contribution in [3.05, 3.63) is 76.4 Å². The first-order valence-corrected chi connectivity index (χ1v) is 10.2. The van der Waals surface area contributed by atoms with Gasteiger partial charge in [0.1, 0.15) is 0 Å². The van der Waals surface area contributed by atoms with Crippen molar-refractivity contribution < 1.29 is 0 Å². The summed E-state index contributed by atoms with van der Waals surface area (Å²) in [5.74, 6) is 0. The number of benzene rings is 2. The third-order valence-electron chi connectivity index (χ3n) is 5.46. The first-order chi connectivity index (χ1) is 12.3. The second-order valence-corrected chi connectivity index (χ2v) is 10.7. The minimum Gasteiger partial charge on any atom is -0.0831 e. The van der Waals surface area contributed by atoms with E-state index in [0.717, 1.165) is 6.42 Å². The van der Waals surface area contributed by atoms with Gasteiger partial charge in [-0.25, -0.2) is 0 Å². The number of rotatable bonds is 4. The summed E-state index contributed by atoms with van der Waals surface area (Å²) in [7, 11) is 0. The smallest absolute Gasteiger partial charge is 0.00688 e. The molecule has 0 amide bonds. The first kappa shape index (κ1) is 21.5. The van der Waals surface area contributed by atoms with Gasteiger partial charge in [-0.2, -0.15) is 0 Å². The van der Waals surface area contributed by atoms with Crippen LogP contribution in [0.2, 0.25) is 0 Å². The van der Waals surface area contributed by atoms with Gasteiger partial charge in [0.15, 0.2) is 0 Å². The van der Waals surface area contributed by atoms with Crippen LogP contribution in [0, 0.1) is 6.92 Å². The number of allylic oxidation sites excluding steroid dienone is 1. The summed E-state index contributed by atoms with van der Waals surface area (Å²) in [4.78, 5) is 0. The minimum atomic E-state index is 0.0997. The Bertz CT molecular complexity index is 755. The predicted molar refractivity (Wildman–Crippen MR) is 122 cm³/mol. The number of aryl methyl sites for hydroxylation is 1. The molecule has 0 nitrogen and oxygen atoms in total. The molecule has 0 heterocycles. The van der Waals surface area contributed by atoms with Gasteiger partial charge in [-0.15, -0.1) is 0 Å². The fourth-order valence-electron chi connectivity index (χ4n) is 3.17. The second-order valence-electron chi connectivity index (χ2n) is 10.7. The van der Waals surface area contributed by atoms with E-state index in [1.165, 1.54) is 27.8 Å². The van der Waals surface area contributed by atoms with Gasteiger partial charge >= 0.3 is 0 Å². The molecule has 2 rings (SSSR count). The van der Waals surface area contributed by atoms with Crippen LogP contribution in [0.3, 0.4) is 0 Å². The average molecular weight is 363 g/mol. The van der Waals surface area contributed by atoms with E-state index in [0.29, 0.717) is 0 Å². The molecule has 0 aliphatic carbocycles. The Balaban J connectivity index is 2.34. The Morgan fingerprint density at radius 3 is 1.56 bits per heavy atom. The fourth-order valence-corrected chi connectivity index (χ4v) is 3.17. The van der Waals surface area contributed by atoms with Crippen LogP contribution in [-0.2, 0) is 16.2 Å². The molecule has 0 unspecified atom stereocenters. The summed E-state index contributed by atoms with van der Waals surface area (Å²) in [6.07, 6.45) is 5.60. The quantitative estimate of drug-likeness (QED) is 0.517. The molecule has 0 saturated carbocycles. The highest BCUT2D eigenvalue weighted by atomic mass is 14.3. The molecule has 0 fully saturated rings. The van der Waals surface area contributed by atoms with Gasteiger partial charge in [-0.1, -0.05) is 116 Å². The average Bonchev–Trinajstić information content (AvgIpc) is 2.54. The van der Waals surface area contributed by atoms with Crippen LogP contribution in [0.25, 0.3) is 6.08 Å². The third-order valence-corrected chi connectivity index (χ3v) is 5.46. The Morgan fingerprint density at radius 1 is 0.667 bits per heavy atom. The van der Waals surface area contributed by atoms with Gasteiger partial charge in [0, 0.05) is 0 Å². The molecule has 0 heteroatoms. The predicted octanol–water partition coefficient (Wildman–Crippen LogP) is 7.97. The standard InChI is InChI=1S/C27H38/c1-20-12-14-21(15-13-20)11-10-16-27(8,9)24-18-22(25(2,3)4)17-23(19-24)26(5,6)7/h10-15,17-19H,16H2,1-9H3/b11-10+. The molecule has 0 bridgehead atoms. The maximum absolute atomic E-state index is 2.43. The normalized spacial score (nSPS) is 13.4. The zero-order valence-electron chi connectivity index (χ0n) is 18.9. The van der Waals surface area contributed by atoms with Gasteiger partial charge < -0.3 is 0 Å². The molecule has 2 aromatic carbocycles. The Morgan fingerprint density at radius 2 is 1.11 bits per heavy atom. The topological polar surface area (TPSA) is 0 Å². The van der Waals surface area contributed by atoms with Gasteiger partial charge in [0.25, 0.3) is 0 Å². The van der Waals surface area contributed by atoms with Crippen LogP contribution in [0.15, 0.2) is 48.5 Å². The Kier molecular flexibility index (Phi) is 6.10. The maximum Gasteiger partial charge on any atom is -0.00688 e. The van der Waals surface area contributed by atoms with Crippen molar-refractivity contribution >= 4 is 6.08 Å². The van der Waals surface area contributed by atoms with E-state index in [2.05, 4.69) is 117 Å². The molecule has 0 aliphatic rings. The van der Waals surface area contributed by atoms with Crippen LogP contribution in [-0.4, -0.2) is 0 Å². The Labute approximate surface area is 167 Å². The van der Waals surface area contributed by atoms with Crippen molar-refractivity contribution in [3.8, 4) is 0 Å². The zero-order chi connectivity index (χ0) is 20.5. The lowest BCUT2D eigenvalue weighted by Gasteiger charge is -2.31. The molecule has 0 radical (unpaired) electrons. The molecule has 0 spiro atoms. The molecule has 2 aromatic rings. The van der Waals surface area contributed by atoms with E-state index >= 15 is 0 Å². The Hall–Kier alpha value is -1.82. The summed E-state index contributed by atoms with van der Waals surface area (Å²) in [5.41, 5.74) is 7.29. The zero-order valence-corrected chi connectivity index (χ0v) is 18.9. The fraction of sp³-hybridized carbons (Fsp3) is 0.481. The molecule has 0 aliphatic heterocycles. The van der Waals surface area contributed by atoms with Crippen molar-refractivity contribution in [1.82, 2.24) is 0 Å². The lowest BCUT2D eigenvalue weighted by molar-refractivity contribution is 0.519. The first-order valence-electron chi connectivity index (χ1n) is 10.2. The van der Waals surface area contributed by atoms with Crippen LogP contribution < -0.4 is 0 Å². The minimum absolute atomic E-state index is 0.0997. The summed E-state index contributed by atoms with van der Waals surface area (Å²) in [6.45, 7) is 20.7. The van der Waals surface area contributed by atoms with E-state index in [4.69, 9.17) is 0 Å². The molecular formula is C27H38. The third kappa shape index (κ3) is 5.83. The van der Waals surface area contributed by atoms with Crippen LogP contribution >= 0.6 is 0 Å². The van der Waals surface area contributed by atoms with E-state index in [9.17, 15) is 0 Å². The van der Waals surface area contributed by atoms with Crippen molar-refractivity contribution in [2.45, 2.75) is 85.0 Å². The molecule has 0 aromatic heterocycles. The second kappa shape index (κ2) is 7.66. The summed E-state index contributed by atoms with van der Waals surface area (Å²) >= 11 is 0.